The highest BCUT2D eigenvalue weighted by molar-refractivity contribution is 5.91. The van der Waals surface area contributed by atoms with Crippen molar-refractivity contribution >= 4 is 5.78 Å². The van der Waals surface area contributed by atoms with Crippen LogP contribution in [-0.2, 0) is 4.79 Å². The molecule has 0 aliphatic heterocycles. The van der Waals surface area contributed by atoms with Crippen LogP contribution in [0.2, 0.25) is 0 Å². The predicted octanol–water partition coefficient (Wildman–Crippen LogP) is 2.28. The van der Waals surface area contributed by atoms with E-state index in [1.807, 2.05) is 18.2 Å². The monoisotopic (exact) mass is 162 g/mol. The first-order valence-corrected chi connectivity index (χ1v) is 4.09. The highest BCUT2D eigenvalue weighted by atomic mass is 16.3. The highest BCUT2D eigenvalue weighted by Gasteiger charge is 2.18. The van der Waals surface area contributed by atoms with E-state index < -0.39 is 0 Å². The lowest BCUT2D eigenvalue weighted by molar-refractivity contribution is -0.115. The van der Waals surface area contributed by atoms with Crippen LogP contribution in [0.3, 0.4) is 0 Å². The van der Waals surface area contributed by atoms with Crippen LogP contribution in [0.4, 0.5) is 0 Å². The van der Waals surface area contributed by atoms with Crippen molar-refractivity contribution in [2.75, 3.05) is 0 Å². The van der Waals surface area contributed by atoms with Crippen molar-refractivity contribution in [3.8, 4) is 0 Å². The van der Waals surface area contributed by atoms with E-state index in [1.54, 1.807) is 12.3 Å². The van der Waals surface area contributed by atoms with Crippen molar-refractivity contribution in [2.24, 2.45) is 0 Å². The molecule has 1 unspecified atom stereocenters. The molecule has 1 aromatic rings. The second kappa shape index (κ2) is 2.97. The van der Waals surface area contributed by atoms with Gasteiger partial charge < -0.3 is 4.42 Å². The molecule has 2 nitrogen and oxygen atoms in total. The van der Waals surface area contributed by atoms with Gasteiger partial charge in [-0.3, -0.25) is 4.79 Å². The van der Waals surface area contributed by atoms with Gasteiger partial charge in [0.2, 0.25) is 0 Å². The van der Waals surface area contributed by atoms with Crippen LogP contribution in [0.25, 0.3) is 0 Å². The Balaban J connectivity index is 2.17. The van der Waals surface area contributed by atoms with Gasteiger partial charge in [-0.1, -0.05) is 6.08 Å². The van der Waals surface area contributed by atoms with E-state index in [1.165, 1.54) is 0 Å². The van der Waals surface area contributed by atoms with Crippen LogP contribution in [0.1, 0.15) is 24.5 Å². The summed E-state index contributed by atoms with van der Waals surface area (Å²) in [5, 5.41) is 0. The SMILES string of the molecule is O=C1C=CCC(c2ccco2)C1. The fourth-order valence-corrected chi connectivity index (χ4v) is 1.50. The lowest BCUT2D eigenvalue weighted by Gasteiger charge is -2.13. The fraction of sp³-hybridized carbons (Fsp3) is 0.300. The quantitative estimate of drug-likeness (QED) is 0.634. The Morgan fingerprint density at radius 1 is 1.50 bits per heavy atom. The molecule has 2 rings (SSSR count). The molecular formula is C10H10O2. The first kappa shape index (κ1) is 7.35. The van der Waals surface area contributed by atoms with Crippen LogP contribution >= 0.6 is 0 Å². The molecule has 2 heteroatoms. The fourth-order valence-electron chi connectivity index (χ4n) is 1.50. The first-order valence-electron chi connectivity index (χ1n) is 4.09. The summed E-state index contributed by atoms with van der Waals surface area (Å²) in [5.74, 6) is 1.38. The second-order valence-electron chi connectivity index (χ2n) is 3.02. The summed E-state index contributed by atoms with van der Waals surface area (Å²) in [6.07, 6.45) is 6.72. The number of allylic oxidation sites excluding steroid dienone is 2. The van der Waals surface area contributed by atoms with Gasteiger partial charge in [-0.15, -0.1) is 0 Å². The molecule has 62 valence electrons. The molecule has 0 saturated carbocycles. The first-order chi connectivity index (χ1) is 5.86. The average Bonchev–Trinajstić information content (AvgIpc) is 2.56. The zero-order valence-corrected chi connectivity index (χ0v) is 6.69. The molecule has 1 heterocycles. The lowest BCUT2D eigenvalue weighted by Crippen LogP contribution is -2.07. The second-order valence-corrected chi connectivity index (χ2v) is 3.02. The van der Waals surface area contributed by atoms with E-state index in [0.29, 0.717) is 6.42 Å². The summed E-state index contributed by atoms with van der Waals surface area (Å²) in [7, 11) is 0. The largest absolute Gasteiger partial charge is 0.469 e. The van der Waals surface area contributed by atoms with Gasteiger partial charge in [0.15, 0.2) is 5.78 Å². The van der Waals surface area contributed by atoms with E-state index in [9.17, 15) is 4.79 Å². The van der Waals surface area contributed by atoms with Crippen molar-refractivity contribution in [3.63, 3.8) is 0 Å². The van der Waals surface area contributed by atoms with Gasteiger partial charge in [0, 0.05) is 12.3 Å². The molecule has 0 amide bonds. The zero-order valence-electron chi connectivity index (χ0n) is 6.69. The number of rotatable bonds is 1. The zero-order chi connectivity index (χ0) is 8.39. The average molecular weight is 162 g/mol. The van der Waals surface area contributed by atoms with E-state index in [2.05, 4.69) is 0 Å². The van der Waals surface area contributed by atoms with E-state index in [0.717, 1.165) is 12.2 Å². The summed E-state index contributed by atoms with van der Waals surface area (Å²) < 4.78 is 5.24. The van der Waals surface area contributed by atoms with Gasteiger partial charge in [0.1, 0.15) is 5.76 Å². The Hall–Kier alpha value is -1.31. The summed E-state index contributed by atoms with van der Waals surface area (Å²) in [5.41, 5.74) is 0. The maximum absolute atomic E-state index is 11.0. The minimum atomic E-state index is 0.197. The molecule has 0 radical (unpaired) electrons. The Bertz CT molecular complexity index is 296. The minimum Gasteiger partial charge on any atom is -0.469 e. The molecule has 12 heavy (non-hydrogen) atoms. The maximum Gasteiger partial charge on any atom is 0.156 e. The Kier molecular flexibility index (Phi) is 1.82. The summed E-state index contributed by atoms with van der Waals surface area (Å²) >= 11 is 0. The Labute approximate surface area is 70.9 Å². The van der Waals surface area contributed by atoms with Crippen LogP contribution in [0, 0.1) is 0 Å². The topological polar surface area (TPSA) is 30.2 Å². The molecule has 1 aliphatic rings. The molecular weight excluding hydrogens is 152 g/mol. The van der Waals surface area contributed by atoms with E-state index in [-0.39, 0.29) is 11.7 Å². The molecule has 1 aliphatic carbocycles. The van der Waals surface area contributed by atoms with Gasteiger partial charge in [-0.05, 0) is 24.6 Å². The molecule has 0 N–H and O–H groups in total. The number of ketones is 1. The summed E-state index contributed by atoms with van der Waals surface area (Å²) in [6, 6.07) is 3.79. The van der Waals surface area contributed by atoms with Crippen LogP contribution in [-0.4, -0.2) is 5.78 Å². The smallest absolute Gasteiger partial charge is 0.156 e. The third-order valence-corrected chi connectivity index (χ3v) is 2.12. The normalized spacial score (nSPS) is 23.0. The molecule has 0 bridgehead atoms. The number of hydrogen-bond donors (Lipinski definition) is 0. The minimum absolute atomic E-state index is 0.197. The van der Waals surface area contributed by atoms with E-state index >= 15 is 0 Å². The molecule has 0 aromatic carbocycles. The summed E-state index contributed by atoms with van der Waals surface area (Å²) in [6.45, 7) is 0. The van der Waals surface area contributed by atoms with Crippen LogP contribution in [0.15, 0.2) is 35.0 Å². The van der Waals surface area contributed by atoms with Crippen molar-refractivity contribution in [2.45, 2.75) is 18.8 Å². The molecule has 0 fully saturated rings. The number of carbonyl (C=O) groups is 1. The van der Waals surface area contributed by atoms with Gasteiger partial charge in [0.25, 0.3) is 0 Å². The summed E-state index contributed by atoms with van der Waals surface area (Å²) in [4.78, 5) is 11.0. The van der Waals surface area contributed by atoms with Crippen molar-refractivity contribution < 1.29 is 9.21 Å². The van der Waals surface area contributed by atoms with Crippen molar-refractivity contribution in [1.29, 1.82) is 0 Å². The van der Waals surface area contributed by atoms with Crippen molar-refractivity contribution in [3.05, 3.63) is 36.3 Å². The number of furan rings is 1. The van der Waals surface area contributed by atoms with Crippen LogP contribution in [0.5, 0.6) is 0 Å². The third kappa shape index (κ3) is 1.33. The molecule has 1 atom stereocenters. The third-order valence-electron chi connectivity index (χ3n) is 2.12. The lowest BCUT2D eigenvalue weighted by atomic mass is 9.91. The van der Waals surface area contributed by atoms with Gasteiger partial charge in [-0.25, -0.2) is 0 Å². The molecule has 1 aromatic heterocycles. The number of carbonyl (C=O) groups excluding carboxylic acids is 1. The van der Waals surface area contributed by atoms with Crippen LogP contribution < -0.4 is 0 Å². The highest BCUT2D eigenvalue weighted by Crippen LogP contribution is 2.27. The van der Waals surface area contributed by atoms with E-state index in [4.69, 9.17) is 4.42 Å². The predicted molar refractivity (Wildman–Crippen MR) is 44.8 cm³/mol. The Morgan fingerprint density at radius 3 is 3.08 bits per heavy atom. The molecule has 0 saturated heterocycles. The molecule has 0 spiro atoms. The standard InChI is InChI=1S/C10H10O2/c11-9-4-1-3-8(7-9)10-5-2-6-12-10/h1-2,4-6,8H,3,7H2. The Morgan fingerprint density at radius 2 is 2.42 bits per heavy atom. The maximum atomic E-state index is 11.0. The van der Waals surface area contributed by atoms with Gasteiger partial charge in [0.05, 0.1) is 6.26 Å². The van der Waals surface area contributed by atoms with Gasteiger partial charge in [-0.2, -0.15) is 0 Å². The van der Waals surface area contributed by atoms with Gasteiger partial charge >= 0.3 is 0 Å². The number of hydrogen-bond acceptors (Lipinski definition) is 2. The van der Waals surface area contributed by atoms with Crippen molar-refractivity contribution in [1.82, 2.24) is 0 Å².